The van der Waals surface area contributed by atoms with E-state index in [1.54, 1.807) is 0 Å². The molecule has 0 aromatic rings. The van der Waals surface area contributed by atoms with Gasteiger partial charge in [-0.25, -0.2) is 0 Å². The Labute approximate surface area is 53.2 Å². The van der Waals surface area contributed by atoms with Crippen LogP contribution in [-0.2, 0) is 0 Å². The van der Waals surface area contributed by atoms with Gasteiger partial charge in [0, 0.05) is 0 Å². The Bertz CT molecular complexity index is 108. The van der Waals surface area contributed by atoms with Crippen LogP contribution in [0.5, 0.6) is 0 Å². The molecule has 0 atom stereocenters. The van der Waals surface area contributed by atoms with Crippen LogP contribution in [0.2, 0.25) is 0 Å². The predicted octanol–water partition coefficient (Wildman–Crippen LogP) is 1.70. The molecule has 0 saturated carbocycles. The quantitative estimate of drug-likeness (QED) is 0.462. The van der Waals surface area contributed by atoms with E-state index < -0.39 is 4.92 Å². The molecule has 0 bridgehead atoms. The van der Waals surface area contributed by atoms with Crippen LogP contribution in [0, 0.1) is 10.1 Å². The summed E-state index contributed by atoms with van der Waals surface area (Å²) in [6.45, 7) is 0. The van der Waals surface area contributed by atoms with Gasteiger partial charge in [-0.3, -0.25) is 10.1 Å². The number of halogens is 2. The van der Waals surface area contributed by atoms with Gasteiger partial charge >= 0.3 is 0 Å². The van der Waals surface area contributed by atoms with Crippen LogP contribution in [0.4, 0.5) is 0 Å². The van der Waals surface area contributed by atoms with E-state index in [1.807, 2.05) is 0 Å². The summed E-state index contributed by atoms with van der Waals surface area (Å²) in [7, 11) is 0. The lowest BCUT2D eigenvalue weighted by Crippen LogP contribution is -1.80. The van der Waals surface area contributed by atoms with Crippen molar-refractivity contribution in [2.75, 3.05) is 0 Å². The van der Waals surface area contributed by atoms with E-state index in [-0.39, 0.29) is 3.94 Å². The van der Waals surface area contributed by atoms with E-state index in [0.717, 1.165) is 0 Å². The van der Waals surface area contributed by atoms with Gasteiger partial charge in [0.2, 0.25) is 0 Å². The molecule has 0 aromatic heterocycles. The number of nitro groups is 1. The fourth-order valence-corrected chi connectivity index (χ4v) is 0.327. The molecule has 0 N–H and O–H groups in total. The highest BCUT2D eigenvalue weighted by Gasteiger charge is 1.88. The third-order valence-electron chi connectivity index (χ3n) is 0.203. The summed E-state index contributed by atoms with van der Waals surface area (Å²) in [4.78, 5) is 8.78. The Morgan fingerprint density at radius 3 is 2.43 bits per heavy atom. The van der Waals surface area contributed by atoms with Crippen molar-refractivity contribution in [2.24, 2.45) is 0 Å². The molecule has 0 aliphatic carbocycles. The van der Waals surface area contributed by atoms with Crippen LogP contribution < -0.4 is 0 Å². The van der Waals surface area contributed by atoms with Gasteiger partial charge in [0.1, 0.15) is 0 Å². The lowest BCUT2D eigenvalue weighted by molar-refractivity contribution is -0.402. The van der Waals surface area contributed by atoms with E-state index in [9.17, 15) is 10.1 Å². The van der Waals surface area contributed by atoms with Crippen molar-refractivity contribution in [1.82, 2.24) is 0 Å². The second kappa shape index (κ2) is 2.98. The van der Waals surface area contributed by atoms with Crippen molar-refractivity contribution in [3.05, 3.63) is 20.3 Å². The summed E-state index contributed by atoms with van der Waals surface area (Å²) in [6, 6.07) is 0. The topological polar surface area (TPSA) is 43.1 Å². The first-order valence-corrected chi connectivity index (χ1v) is 2.46. The van der Waals surface area contributed by atoms with Gasteiger partial charge in [-0.1, -0.05) is 11.6 Å². The van der Waals surface area contributed by atoms with Crippen LogP contribution in [-0.4, -0.2) is 4.92 Å². The second-order valence-corrected chi connectivity index (χ2v) is 2.42. The lowest BCUT2D eigenvalue weighted by atomic mass is 11.1. The first-order valence-electron chi connectivity index (χ1n) is 1.29. The molecule has 3 nitrogen and oxygen atoms in total. The van der Waals surface area contributed by atoms with Crippen molar-refractivity contribution < 1.29 is 4.92 Å². The Morgan fingerprint density at radius 2 is 2.43 bits per heavy atom. The molecule has 0 spiro atoms. The highest BCUT2D eigenvalue weighted by atomic mass is 79.9. The fourth-order valence-electron chi connectivity index (χ4n) is 0.0797. The summed E-state index contributed by atoms with van der Waals surface area (Å²) >= 11 is 7.67. The maximum atomic E-state index is 9.42. The molecule has 0 rings (SSSR count). The fraction of sp³-hybridized carbons (Fsp3) is 0. The summed E-state index contributed by atoms with van der Waals surface area (Å²) in [5, 5.41) is 9.42. The first kappa shape index (κ1) is 6.91. The SMILES string of the molecule is O=[N+]([O-])C=C(Cl)Br. The zero-order chi connectivity index (χ0) is 5.86. The second-order valence-electron chi connectivity index (χ2n) is 0.704. The van der Waals surface area contributed by atoms with Crippen molar-refractivity contribution in [1.29, 1.82) is 0 Å². The maximum Gasteiger partial charge on any atom is 0.259 e. The summed E-state index contributed by atoms with van der Waals surface area (Å²) in [5.41, 5.74) is 0. The molecule has 7 heavy (non-hydrogen) atoms. The van der Waals surface area contributed by atoms with Gasteiger partial charge in [0.05, 0.1) is 4.92 Å². The van der Waals surface area contributed by atoms with E-state index in [4.69, 9.17) is 11.6 Å². The third-order valence-corrected chi connectivity index (χ3v) is 0.505. The number of nitrogens with zero attached hydrogens (tertiary/aromatic N) is 1. The summed E-state index contributed by atoms with van der Waals surface area (Å²) in [6.07, 6.45) is 0.654. The molecule has 0 aromatic carbocycles. The normalized spacial score (nSPS) is 11.4. The minimum Gasteiger partial charge on any atom is -0.259 e. The molecule has 0 radical (unpaired) electrons. The number of hydrogen-bond acceptors (Lipinski definition) is 2. The molecular weight excluding hydrogens is 185 g/mol. The molecule has 0 saturated heterocycles. The van der Waals surface area contributed by atoms with Crippen molar-refractivity contribution in [2.45, 2.75) is 0 Å². The maximum absolute atomic E-state index is 9.42. The van der Waals surface area contributed by atoms with Crippen LogP contribution in [0.15, 0.2) is 10.1 Å². The smallest absolute Gasteiger partial charge is 0.259 e. The van der Waals surface area contributed by atoms with Crippen LogP contribution in [0.1, 0.15) is 0 Å². The molecule has 0 aliphatic rings. The Balaban J connectivity index is 3.68. The summed E-state index contributed by atoms with van der Waals surface area (Å²) < 4.78 is -0.00231. The van der Waals surface area contributed by atoms with Crippen molar-refractivity contribution in [3.8, 4) is 0 Å². The molecule has 0 unspecified atom stereocenters. The number of hydrogen-bond donors (Lipinski definition) is 0. The van der Waals surface area contributed by atoms with Gasteiger partial charge in [-0.2, -0.15) is 0 Å². The minimum absolute atomic E-state index is 0.00231. The van der Waals surface area contributed by atoms with E-state index in [1.165, 1.54) is 0 Å². The molecular formula is C2HBrClNO2. The predicted molar refractivity (Wildman–Crippen MR) is 29.9 cm³/mol. The van der Waals surface area contributed by atoms with E-state index in [2.05, 4.69) is 15.9 Å². The van der Waals surface area contributed by atoms with Gasteiger partial charge in [-0.15, -0.1) is 0 Å². The van der Waals surface area contributed by atoms with Gasteiger partial charge in [0.15, 0.2) is 3.94 Å². The Kier molecular flexibility index (Phi) is 2.95. The molecule has 0 amide bonds. The molecule has 0 aliphatic heterocycles. The highest BCUT2D eigenvalue weighted by Crippen LogP contribution is 2.07. The van der Waals surface area contributed by atoms with E-state index in [0.29, 0.717) is 6.20 Å². The lowest BCUT2D eigenvalue weighted by Gasteiger charge is -1.74. The molecule has 0 fully saturated rings. The van der Waals surface area contributed by atoms with Gasteiger partial charge < -0.3 is 0 Å². The molecule has 40 valence electrons. The van der Waals surface area contributed by atoms with Crippen LogP contribution in [0.3, 0.4) is 0 Å². The Hall–Kier alpha value is -0.0900. The first-order chi connectivity index (χ1) is 3.13. The Morgan fingerprint density at radius 1 is 2.00 bits per heavy atom. The third kappa shape index (κ3) is 5.91. The monoisotopic (exact) mass is 185 g/mol. The average molecular weight is 186 g/mol. The summed E-state index contributed by atoms with van der Waals surface area (Å²) in [5.74, 6) is 0. The van der Waals surface area contributed by atoms with E-state index >= 15 is 0 Å². The van der Waals surface area contributed by atoms with Crippen LogP contribution in [0.25, 0.3) is 0 Å². The molecule has 5 heteroatoms. The largest absolute Gasteiger partial charge is 0.259 e. The van der Waals surface area contributed by atoms with Crippen molar-refractivity contribution in [3.63, 3.8) is 0 Å². The average Bonchev–Trinajstić information content (AvgIpc) is 1.27. The molecule has 0 heterocycles. The van der Waals surface area contributed by atoms with Crippen molar-refractivity contribution >= 4 is 27.5 Å². The zero-order valence-corrected chi connectivity index (χ0v) is 5.44. The van der Waals surface area contributed by atoms with Gasteiger partial charge in [-0.05, 0) is 15.9 Å². The zero-order valence-electron chi connectivity index (χ0n) is 3.10. The highest BCUT2D eigenvalue weighted by molar-refractivity contribution is 9.12. The number of rotatable bonds is 1. The minimum atomic E-state index is -0.642. The standard InChI is InChI=1S/C2HBrClNO2/c3-2(4)1-5(6)7/h1H. The van der Waals surface area contributed by atoms with Gasteiger partial charge in [0.25, 0.3) is 6.20 Å². The van der Waals surface area contributed by atoms with Crippen LogP contribution >= 0.6 is 27.5 Å².